The van der Waals surface area contributed by atoms with Gasteiger partial charge in [-0.05, 0) is 25.7 Å². The lowest BCUT2D eigenvalue weighted by Gasteiger charge is -2.18. The van der Waals surface area contributed by atoms with Gasteiger partial charge in [-0.1, -0.05) is 12.5 Å². The number of allylic oxidation sites excluding steroid dienone is 1. The first-order valence-electron chi connectivity index (χ1n) is 4.78. The van der Waals surface area contributed by atoms with Crippen molar-refractivity contribution >= 4 is 7.60 Å². The van der Waals surface area contributed by atoms with Crippen molar-refractivity contribution in [2.75, 3.05) is 20.4 Å². The van der Waals surface area contributed by atoms with Gasteiger partial charge in [0.2, 0.25) is 0 Å². The van der Waals surface area contributed by atoms with Crippen LogP contribution in [0.1, 0.15) is 26.7 Å². The molecule has 1 atom stereocenters. The van der Waals surface area contributed by atoms with Crippen molar-refractivity contribution in [2.24, 2.45) is 5.92 Å². The average Bonchev–Trinajstić information content (AvgIpc) is 2.14. The fourth-order valence-corrected chi connectivity index (χ4v) is 2.58. The number of rotatable bonds is 7. The van der Waals surface area contributed by atoms with E-state index in [1.54, 1.807) is 0 Å². The van der Waals surface area contributed by atoms with Crippen LogP contribution in [0.5, 0.6) is 0 Å². The SMILES string of the molecule is C=C(C)CCC(C)CP(=O)(OC)OC. The molecule has 0 saturated heterocycles. The third-order valence-electron chi connectivity index (χ3n) is 2.16. The highest BCUT2D eigenvalue weighted by molar-refractivity contribution is 7.53. The lowest BCUT2D eigenvalue weighted by molar-refractivity contribution is 0.270. The van der Waals surface area contributed by atoms with Crippen LogP contribution >= 0.6 is 7.60 Å². The maximum Gasteiger partial charge on any atom is 0.330 e. The zero-order valence-corrected chi connectivity index (χ0v) is 10.5. The second-order valence-electron chi connectivity index (χ2n) is 3.76. The summed E-state index contributed by atoms with van der Waals surface area (Å²) in [6.07, 6.45) is 2.42. The van der Waals surface area contributed by atoms with E-state index in [1.807, 2.05) is 13.8 Å². The molecule has 0 amide bonds. The Hall–Kier alpha value is -0.110. The molecule has 0 spiro atoms. The summed E-state index contributed by atoms with van der Waals surface area (Å²) in [5.41, 5.74) is 1.15. The zero-order chi connectivity index (χ0) is 11.2. The largest absolute Gasteiger partial charge is 0.330 e. The van der Waals surface area contributed by atoms with Crippen molar-refractivity contribution in [1.29, 1.82) is 0 Å². The second kappa shape index (κ2) is 6.39. The molecule has 0 radical (unpaired) electrons. The first kappa shape index (κ1) is 13.9. The van der Waals surface area contributed by atoms with Crippen LogP contribution in [-0.2, 0) is 13.6 Å². The monoisotopic (exact) mass is 220 g/mol. The molecule has 0 heterocycles. The van der Waals surface area contributed by atoms with Gasteiger partial charge in [0.05, 0.1) is 6.16 Å². The molecule has 0 rings (SSSR count). The Bertz CT molecular complexity index is 217. The van der Waals surface area contributed by atoms with Crippen LogP contribution in [0.4, 0.5) is 0 Å². The first-order chi connectivity index (χ1) is 6.43. The molecule has 0 N–H and O–H groups in total. The lowest BCUT2D eigenvalue weighted by atomic mass is 10.0. The third kappa shape index (κ3) is 5.58. The van der Waals surface area contributed by atoms with Gasteiger partial charge < -0.3 is 9.05 Å². The van der Waals surface area contributed by atoms with Gasteiger partial charge in [-0.3, -0.25) is 4.57 Å². The standard InChI is InChI=1S/C10H21O3P/c1-9(2)6-7-10(3)8-14(11,12-4)13-5/h10H,1,6-8H2,2-5H3. The summed E-state index contributed by atoms with van der Waals surface area (Å²) in [5.74, 6) is 0.331. The first-order valence-corrected chi connectivity index (χ1v) is 6.51. The highest BCUT2D eigenvalue weighted by atomic mass is 31.2. The van der Waals surface area contributed by atoms with Gasteiger partial charge in [-0.2, -0.15) is 0 Å². The molecule has 84 valence electrons. The molecule has 3 nitrogen and oxygen atoms in total. The van der Waals surface area contributed by atoms with E-state index in [2.05, 4.69) is 6.58 Å². The molecular formula is C10H21O3P. The van der Waals surface area contributed by atoms with Crippen LogP contribution in [0.2, 0.25) is 0 Å². The van der Waals surface area contributed by atoms with Crippen LogP contribution in [-0.4, -0.2) is 20.4 Å². The summed E-state index contributed by atoms with van der Waals surface area (Å²) >= 11 is 0. The number of hydrogen-bond donors (Lipinski definition) is 0. The summed E-state index contributed by atoms with van der Waals surface area (Å²) in [7, 11) is 0.0258. The average molecular weight is 220 g/mol. The van der Waals surface area contributed by atoms with Gasteiger partial charge >= 0.3 is 7.60 Å². The molecule has 0 fully saturated rings. The summed E-state index contributed by atoms with van der Waals surface area (Å²) in [4.78, 5) is 0. The predicted octanol–water partition coefficient (Wildman–Crippen LogP) is 3.46. The summed E-state index contributed by atoms with van der Waals surface area (Å²) in [6.45, 7) is 7.88. The van der Waals surface area contributed by atoms with Crippen molar-refractivity contribution < 1.29 is 13.6 Å². The van der Waals surface area contributed by atoms with E-state index in [9.17, 15) is 4.57 Å². The van der Waals surface area contributed by atoms with Crippen molar-refractivity contribution in [2.45, 2.75) is 26.7 Å². The maximum absolute atomic E-state index is 11.7. The molecular weight excluding hydrogens is 199 g/mol. The van der Waals surface area contributed by atoms with E-state index < -0.39 is 7.60 Å². The van der Waals surface area contributed by atoms with Gasteiger partial charge in [0.15, 0.2) is 0 Å². The molecule has 0 bridgehead atoms. The Balaban J connectivity index is 3.97. The molecule has 0 aromatic rings. The van der Waals surface area contributed by atoms with E-state index in [0.29, 0.717) is 12.1 Å². The fourth-order valence-electron chi connectivity index (χ4n) is 1.19. The molecule has 0 aromatic carbocycles. The van der Waals surface area contributed by atoms with Gasteiger partial charge in [-0.15, -0.1) is 6.58 Å². The summed E-state index contributed by atoms with van der Waals surface area (Å²) in [6, 6.07) is 0. The van der Waals surface area contributed by atoms with Crippen molar-refractivity contribution in [3.8, 4) is 0 Å². The zero-order valence-electron chi connectivity index (χ0n) is 9.58. The summed E-state index contributed by atoms with van der Waals surface area (Å²) in [5, 5.41) is 0. The molecule has 0 aliphatic heterocycles. The quantitative estimate of drug-likeness (QED) is 0.487. The number of hydrogen-bond acceptors (Lipinski definition) is 3. The molecule has 0 aliphatic carbocycles. The van der Waals surface area contributed by atoms with Gasteiger partial charge in [-0.25, -0.2) is 0 Å². The van der Waals surface area contributed by atoms with Crippen LogP contribution < -0.4 is 0 Å². The molecule has 0 aromatic heterocycles. The summed E-state index contributed by atoms with van der Waals surface area (Å²) < 4.78 is 21.5. The highest BCUT2D eigenvalue weighted by Gasteiger charge is 2.23. The minimum absolute atomic E-state index is 0.331. The highest BCUT2D eigenvalue weighted by Crippen LogP contribution is 2.48. The molecule has 0 aliphatic rings. The minimum Gasteiger partial charge on any atom is -0.312 e. The van der Waals surface area contributed by atoms with Crippen LogP contribution in [0.25, 0.3) is 0 Å². The topological polar surface area (TPSA) is 35.5 Å². The molecule has 1 unspecified atom stereocenters. The Morgan fingerprint density at radius 1 is 1.43 bits per heavy atom. The van der Waals surface area contributed by atoms with E-state index in [4.69, 9.17) is 9.05 Å². The smallest absolute Gasteiger partial charge is 0.312 e. The predicted molar refractivity (Wildman–Crippen MR) is 59.7 cm³/mol. The Labute approximate surface area is 87.0 Å². The molecule has 0 saturated carbocycles. The van der Waals surface area contributed by atoms with Gasteiger partial charge in [0.1, 0.15) is 0 Å². The van der Waals surface area contributed by atoms with Crippen LogP contribution in [0, 0.1) is 5.92 Å². The minimum atomic E-state index is -2.83. The van der Waals surface area contributed by atoms with E-state index >= 15 is 0 Å². The fraction of sp³-hybridized carbons (Fsp3) is 0.800. The van der Waals surface area contributed by atoms with E-state index in [-0.39, 0.29) is 0 Å². The third-order valence-corrected chi connectivity index (χ3v) is 4.34. The van der Waals surface area contributed by atoms with E-state index in [1.165, 1.54) is 14.2 Å². The Morgan fingerprint density at radius 3 is 2.29 bits per heavy atom. The van der Waals surface area contributed by atoms with Crippen molar-refractivity contribution in [3.05, 3.63) is 12.2 Å². The second-order valence-corrected chi connectivity index (χ2v) is 6.08. The van der Waals surface area contributed by atoms with Crippen molar-refractivity contribution in [1.82, 2.24) is 0 Å². The normalized spacial score (nSPS) is 14.0. The van der Waals surface area contributed by atoms with Gasteiger partial charge in [0.25, 0.3) is 0 Å². The van der Waals surface area contributed by atoms with E-state index in [0.717, 1.165) is 18.4 Å². The Kier molecular flexibility index (Phi) is 6.34. The lowest BCUT2D eigenvalue weighted by Crippen LogP contribution is -2.05. The Morgan fingerprint density at radius 2 is 1.93 bits per heavy atom. The van der Waals surface area contributed by atoms with Gasteiger partial charge in [0, 0.05) is 14.2 Å². The van der Waals surface area contributed by atoms with Crippen LogP contribution in [0.3, 0.4) is 0 Å². The molecule has 14 heavy (non-hydrogen) atoms. The van der Waals surface area contributed by atoms with Crippen molar-refractivity contribution in [3.63, 3.8) is 0 Å². The maximum atomic E-state index is 11.7. The molecule has 4 heteroatoms. The van der Waals surface area contributed by atoms with Crippen LogP contribution in [0.15, 0.2) is 12.2 Å².